The number of hydrogen-bond donors (Lipinski definition) is 0. The van der Waals surface area contributed by atoms with Crippen molar-refractivity contribution in [2.75, 3.05) is 0 Å². The van der Waals surface area contributed by atoms with E-state index in [4.69, 9.17) is 11.6 Å². The molecule has 66 valence electrons. The molecular formula is C7H2ClLiN2O2S. The number of hydrogen-bond acceptors (Lipinski definition) is 5. The quantitative estimate of drug-likeness (QED) is 0.401. The van der Waals surface area contributed by atoms with Crippen molar-refractivity contribution in [1.29, 1.82) is 0 Å². The molecule has 2 aromatic heterocycles. The number of carbonyl (C=O) groups excluding carboxylic acids is 1. The molecule has 2 rings (SSSR count). The molecule has 0 aromatic carbocycles. The van der Waals surface area contributed by atoms with Gasteiger partial charge in [0.2, 0.25) is 0 Å². The molecule has 0 atom stereocenters. The summed E-state index contributed by atoms with van der Waals surface area (Å²) in [5.74, 6) is -1.22. The normalized spacial score (nSPS) is 9.79. The molecule has 4 nitrogen and oxygen atoms in total. The topological polar surface area (TPSA) is 65.9 Å². The molecule has 7 heteroatoms. The molecule has 2 heterocycles. The molecule has 0 aliphatic rings. The summed E-state index contributed by atoms with van der Waals surface area (Å²) in [7, 11) is 0. The van der Waals surface area contributed by atoms with Gasteiger partial charge in [0.15, 0.2) is 0 Å². The van der Waals surface area contributed by atoms with E-state index in [1.54, 1.807) is 0 Å². The molecule has 0 fully saturated rings. The predicted octanol–water partition coefficient (Wildman–Crippen LogP) is -2.29. The second kappa shape index (κ2) is 4.28. The van der Waals surface area contributed by atoms with Gasteiger partial charge in [-0.15, -0.1) is 11.3 Å². The average molecular weight is 221 g/mol. The fourth-order valence-corrected chi connectivity index (χ4v) is 2.00. The van der Waals surface area contributed by atoms with Crippen molar-refractivity contribution in [1.82, 2.24) is 9.97 Å². The van der Waals surface area contributed by atoms with Crippen molar-refractivity contribution >= 4 is 39.1 Å². The molecule has 0 unspecified atom stereocenters. The van der Waals surface area contributed by atoms with Crippen LogP contribution in [0.15, 0.2) is 12.4 Å². The number of aromatic carboxylic acids is 1. The number of carbonyl (C=O) groups is 1. The number of fused-ring (bicyclic) bond motifs is 1. The first kappa shape index (κ1) is 11.5. The van der Waals surface area contributed by atoms with Crippen LogP contribution in [0.25, 0.3) is 10.2 Å². The summed E-state index contributed by atoms with van der Waals surface area (Å²) >= 11 is 6.74. The van der Waals surface area contributed by atoms with Crippen LogP contribution in [0.5, 0.6) is 0 Å². The maximum absolute atomic E-state index is 10.5. The summed E-state index contributed by atoms with van der Waals surface area (Å²) in [6.45, 7) is 0. The van der Waals surface area contributed by atoms with E-state index < -0.39 is 5.97 Å². The largest absolute Gasteiger partial charge is 1.00 e. The Bertz CT molecular complexity index is 487. The summed E-state index contributed by atoms with van der Waals surface area (Å²) < 4.78 is 0. The zero-order valence-electron chi connectivity index (χ0n) is 7.15. The third kappa shape index (κ3) is 1.91. The van der Waals surface area contributed by atoms with Gasteiger partial charge in [-0.25, -0.2) is 9.97 Å². The van der Waals surface area contributed by atoms with Crippen molar-refractivity contribution in [3.05, 3.63) is 22.4 Å². The number of aromatic nitrogens is 2. The fraction of sp³-hybridized carbons (Fsp3) is 0. The number of nitrogens with zero attached hydrogens (tertiary/aromatic N) is 2. The summed E-state index contributed by atoms with van der Waals surface area (Å²) in [4.78, 5) is 18.8. The second-order valence-electron chi connectivity index (χ2n) is 2.28. The zero-order valence-corrected chi connectivity index (χ0v) is 8.72. The van der Waals surface area contributed by atoms with E-state index in [1.807, 2.05) is 0 Å². The molecule has 14 heavy (non-hydrogen) atoms. The Morgan fingerprint density at radius 3 is 2.79 bits per heavy atom. The Kier molecular flexibility index (Phi) is 3.51. The van der Waals surface area contributed by atoms with Crippen molar-refractivity contribution in [3.8, 4) is 0 Å². The van der Waals surface area contributed by atoms with Crippen LogP contribution in [0.4, 0.5) is 0 Å². The third-order valence-electron chi connectivity index (χ3n) is 1.48. The first-order valence-corrected chi connectivity index (χ1v) is 4.49. The van der Waals surface area contributed by atoms with Gasteiger partial charge < -0.3 is 9.90 Å². The van der Waals surface area contributed by atoms with Gasteiger partial charge in [0.25, 0.3) is 0 Å². The van der Waals surface area contributed by atoms with Gasteiger partial charge in [0.05, 0.1) is 10.8 Å². The predicted molar refractivity (Wildman–Crippen MR) is 46.8 cm³/mol. The molecule has 0 bridgehead atoms. The molecule has 2 aromatic rings. The Labute approximate surface area is 100 Å². The SMILES string of the molecule is O=C([O-])c1cc2c(Cl)ncnc2s1.[Li+]. The van der Waals surface area contributed by atoms with Crippen molar-refractivity contribution < 1.29 is 28.8 Å². The molecule has 0 spiro atoms. The van der Waals surface area contributed by atoms with E-state index in [1.165, 1.54) is 12.4 Å². The summed E-state index contributed by atoms with van der Waals surface area (Å²) in [6, 6.07) is 1.41. The summed E-state index contributed by atoms with van der Waals surface area (Å²) in [5.41, 5.74) is 0. The van der Waals surface area contributed by atoms with Crippen LogP contribution in [0.2, 0.25) is 5.15 Å². The maximum atomic E-state index is 10.5. The number of rotatable bonds is 1. The molecule has 0 radical (unpaired) electrons. The minimum atomic E-state index is -1.22. The standard InChI is InChI=1S/C7H3ClN2O2S.Li/c8-5-3-1-4(7(11)12)13-6(3)10-2-9-5;/h1-2H,(H,11,12);/q;+1/p-1. The van der Waals surface area contributed by atoms with Crippen LogP contribution in [0.1, 0.15) is 9.67 Å². The summed E-state index contributed by atoms with van der Waals surface area (Å²) in [6.07, 6.45) is 1.29. The Morgan fingerprint density at radius 1 is 1.50 bits per heavy atom. The maximum Gasteiger partial charge on any atom is 1.00 e. The van der Waals surface area contributed by atoms with Gasteiger partial charge >= 0.3 is 18.9 Å². The molecule has 0 N–H and O–H groups in total. The zero-order chi connectivity index (χ0) is 9.42. The second-order valence-corrected chi connectivity index (χ2v) is 3.67. The minimum absolute atomic E-state index is 0. The van der Waals surface area contributed by atoms with E-state index in [9.17, 15) is 9.90 Å². The number of thiophene rings is 1. The van der Waals surface area contributed by atoms with Gasteiger partial charge in [-0.1, -0.05) is 11.6 Å². The first-order chi connectivity index (χ1) is 6.18. The fourth-order valence-electron chi connectivity index (χ4n) is 0.927. The van der Waals surface area contributed by atoms with Gasteiger partial charge in [0, 0.05) is 5.39 Å². The van der Waals surface area contributed by atoms with Crippen LogP contribution in [0, 0.1) is 0 Å². The molecule has 0 amide bonds. The molecule has 0 saturated heterocycles. The van der Waals surface area contributed by atoms with Gasteiger partial charge in [0.1, 0.15) is 16.3 Å². The number of halogens is 1. The van der Waals surface area contributed by atoms with Crippen molar-refractivity contribution in [2.45, 2.75) is 0 Å². The van der Waals surface area contributed by atoms with E-state index in [2.05, 4.69) is 9.97 Å². The Morgan fingerprint density at radius 2 is 2.21 bits per heavy atom. The average Bonchev–Trinajstić information content (AvgIpc) is 2.49. The van der Waals surface area contributed by atoms with Crippen LogP contribution in [-0.2, 0) is 0 Å². The smallest absolute Gasteiger partial charge is 0.544 e. The Balaban J connectivity index is 0.000000980. The van der Waals surface area contributed by atoms with Crippen LogP contribution in [0.3, 0.4) is 0 Å². The molecule has 0 aliphatic carbocycles. The molecule has 0 aliphatic heterocycles. The van der Waals surface area contributed by atoms with Crippen LogP contribution < -0.4 is 24.0 Å². The van der Waals surface area contributed by atoms with E-state index >= 15 is 0 Å². The summed E-state index contributed by atoms with van der Waals surface area (Å²) in [5, 5.41) is 11.3. The van der Waals surface area contributed by atoms with Gasteiger partial charge in [-0.05, 0) is 6.07 Å². The van der Waals surface area contributed by atoms with E-state index in [0.717, 1.165) is 11.3 Å². The van der Waals surface area contributed by atoms with Crippen molar-refractivity contribution in [3.63, 3.8) is 0 Å². The van der Waals surface area contributed by atoms with E-state index in [0.29, 0.717) is 10.2 Å². The minimum Gasteiger partial charge on any atom is -0.544 e. The van der Waals surface area contributed by atoms with Gasteiger partial charge in [-0.3, -0.25) is 0 Å². The number of carboxylic acid groups (broad SMARTS) is 1. The Hall–Kier alpha value is -0.603. The first-order valence-electron chi connectivity index (χ1n) is 3.30. The van der Waals surface area contributed by atoms with Crippen molar-refractivity contribution in [2.24, 2.45) is 0 Å². The number of carboxylic acids is 1. The van der Waals surface area contributed by atoms with Crippen LogP contribution >= 0.6 is 22.9 Å². The third-order valence-corrected chi connectivity index (χ3v) is 2.81. The monoisotopic (exact) mass is 220 g/mol. The van der Waals surface area contributed by atoms with E-state index in [-0.39, 0.29) is 28.9 Å². The molecular weight excluding hydrogens is 219 g/mol. The molecule has 0 saturated carbocycles. The van der Waals surface area contributed by atoms with Gasteiger partial charge in [-0.2, -0.15) is 0 Å². The van der Waals surface area contributed by atoms with Crippen LogP contribution in [-0.4, -0.2) is 15.9 Å².